The van der Waals surface area contributed by atoms with Crippen LogP contribution in [0.3, 0.4) is 0 Å². The number of thiophene rings is 1. The third kappa shape index (κ3) is 4.07. The molecule has 1 amide bonds. The second kappa shape index (κ2) is 8.56. The first-order valence-corrected chi connectivity index (χ1v) is 11.7. The van der Waals surface area contributed by atoms with Gasteiger partial charge in [-0.25, -0.2) is 4.31 Å². The number of piperidine rings is 1. The number of rotatable bonds is 4. The van der Waals surface area contributed by atoms with Crippen molar-refractivity contribution in [1.82, 2.24) is 9.21 Å². The van der Waals surface area contributed by atoms with E-state index in [1.54, 1.807) is 11.9 Å². The van der Waals surface area contributed by atoms with Gasteiger partial charge in [-0.1, -0.05) is 30.7 Å². The number of carbonyl (C=O) groups is 1. The summed E-state index contributed by atoms with van der Waals surface area (Å²) in [5.41, 5.74) is 1.38. The fourth-order valence-electron chi connectivity index (χ4n) is 4.19. The molecule has 0 radical (unpaired) electrons. The van der Waals surface area contributed by atoms with E-state index in [2.05, 4.69) is 33.6 Å². The molecule has 1 aromatic carbocycles. The van der Waals surface area contributed by atoms with Crippen molar-refractivity contribution in [2.24, 2.45) is 5.92 Å². The minimum atomic E-state index is 0.155. The van der Waals surface area contributed by atoms with Crippen LogP contribution in [0.5, 0.6) is 0 Å². The predicted molar refractivity (Wildman–Crippen MR) is 114 cm³/mol. The molecular weight excluding hydrogens is 396 g/mol. The monoisotopic (exact) mass is 420 g/mol. The normalized spacial score (nSPS) is 21.3. The molecule has 1 fully saturated rings. The van der Waals surface area contributed by atoms with Gasteiger partial charge in [-0.3, -0.25) is 4.79 Å². The number of amides is 1. The molecule has 1 saturated heterocycles. The van der Waals surface area contributed by atoms with E-state index in [4.69, 9.17) is 11.6 Å². The lowest BCUT2D eigenvalue weighted by atomic mass is 9.92. The molecule has 3 nitrogen and oxygen atoms in total. The van der Waals surface area contributed by atoms with Crippen LogP contribution < -0.4 is 0 Å². The van der Waals surface area contributed by atoms with Gasteiger partial charge in [0.05, 0.1) is 11.1 Å². The average molecular weight is 421 g/mol. The average Bonchev–Trinajstić information content (AvgIpc) is 3.18. The molecule has 144 valence electrons. The van der Waals surface area contributed by atoms with E-state index in [9.17, 15) is 4.79 Å². The van der Waals surface area contributed by atoms with Crippen molar-refractivity contribution in [1.29, 1.82) is 0 Å². The minimum absolute atomic E-state index is 0.155. The van der Waals surface area contributed by atoms with Crippen LogP contribution in [0.25, 0.3) is 0 Å². The smallest absolute Gasteiger partial charge is 0.226 e. The second-order valence-electron chi connectivity index (χ2n) is 7.23. The van der Waals surface area contributed by atoms with Gasteiger partial charge in [-0.15, -0.1) is 11.3 Å². The number of carbonyl (C=O) groups excluding carboxylic acids is 1. The van der Waals surface area contributed by atoms with Gasteiger partial charge < -0.3 is 4.90 Å². The Morgan fingerprint density at radius 3 is 2.74 bits per heavy atom. The summed E-state index contributed by atoms with van der Waals surface area (Å²) in [7, 11) is 0. The highest BCUT2D eigenvalue weighted by molar-refractivity contribution is 7.97. The molecule has 0 saturated carbocycles. The highest BCUT2D eigenvalue weighted by atomic mass is 35.5. The largest absolute Gasteiger partial charge is 0.335 e. The molecule has 27 heavy (non-hydrogen) atoms. The fourth-order valence-corrected chi connectivity index (χ4v) is 6.32. The van der Waals surface area contributed by atoms with Crippen molar-refractivity contribution in [3.63, 3.8) is 0 Å². The Labute approximate surface area is 174 Å². The van der Waals surface area contributed by atoms with Crippen molar-refractivity contribution in [3.8, 4) is 0 Å². The van der Waals surface area contributed by atoms with E-state index >= 15 is 0 Å². The predicted octanol–water partition coefficient (Wildman–Crippen LogP) is 5.66. The quantitative estimate of drug-likeness (QED) is 0.596. The van der Waals surface area contributed by atoms with Gasteiger partial charge in [-0.2, -0.15) is 0 Å². The molecule has 1 aromatic heterocycles. The Balaban J connectivity index is 1.37. The van der Waals surface area contributed by atoms with Crippen LogP contribution in [0.4, 0.5) is 0 Å². The third-order valence-corrected chi connectivity index (χ3v) is 8.25. The van der Waals surface area contributed by atoms with Gasteiger partial charge in [0, 0.05) is 35.3 Å². The maximum Gasteiger partial charge on any atom is 0.226 e. The van der Waals surface area contributed by atoms with Crippen LogP contribution in [0, 0.1) is 5.92 Å². The Kier molecular flexibility index (Phi) is 6.12. The van der Waals surface area contributed by atoms with Crippen LogP contribution in [0.1, 0.15) is 42.7 Å². The topological polar surface area (TPSA) is 23.6 Å². The summed E-state index contributed by atoms with van der Waals surface area (Å²) in [5.74, 6) is 0.517. The Morgan fingerprint density at radius 1 is 1.22 bits per heavy atom. The maximum absolute atomic E-state index is 13.3. The van der Waals surface area contributed by atoms with E-state index in [1.807, 2.05) is 29.5 Å². The van der Waals surface area contributed by atoms with E-state index in [0.29, 0.717) is 5.91 Å². The Morgan fingerprint density at radius 2 is 2.00 bits per heavy atom. The molecule has 4 rings (SSSR count). The van der Waals surface area contributed by atoms with Crippen LogP contribution in [0.15, 0.2) is 40.6 Å². The Hall–Kier alpha value is -1.01. The first kappa shape index (κ1) is 19.3. The number of hydrogen-bond acceptors (Lipinski definition) is 4. The number of nitrogens with zero attached hydrogens (tertiary/aromatic N) is 2. The molecule has 0 aliphatic carbocycles. The van der Waals surface area contributed by atoms with Gasteiger partial charge >= 0.3 is 0 Å². The summed E-state index contributed by atoms with van der Waals surface area (Å²) < 4.78 is 2.34. The van der Waals surface area contributed by atoms with Gasteiger partial charge in [0.1, 0.15) is 0 Å². The van der Waals surface area contributed by atoms with Crippen LogP contribution in [-0.4, -0.2) is 34.7 Å². The number of hydrogen-bond donors (Lipinski definition) is 0. The number of benzene rings is 1. The zero-order valence-corrected chi connectivity index (χ0v) is 18.0. The molecule has 6 heteroatoms. The summed E-state index contributed by atoms with van der Waals surface area (Å²) >= 11 is 9.83. The van der Waals surface area contributed by atoms with Crippen LogP contribution in [-0.2, 0) is 11.2 Å². The SMILES string of the molecule is CCC1c2ccsc2CCN1C(=O)C1CCN(Sc2ccccc2Cl)CC1. The maximum atomic E-state index is 13.3. The molecule has 0 spiro atoms. The van der Waals surface area contributed by atoms with E-state index in [-0.39, 0.29) is 12.0 Å². The molecule has 2 aliphatic heterocycles. The van der Waals surface area contributed by atoms with Crippen molar-refractivity contribution < 1.29 is 4.79 Å². The molecule has 1 atom stereocenters. The second-order valence-corrected chi connectivity index (χ2v) is 9.78. The zero-order chi connectivity index (χ0) is 18.8. The van der Waals surface area contributed by atoms with Gasteiger partial charge in [0.2, 0.25) is 5.91 Å². The van der Waals surface area contributed by atoms with E-state index in [0.717, 1.165) is 55.2 Å². The van der Waals surface area contributed by atoms with Gasteiger partial charge in [0.15, 0.2) is 0 Å². The summed E-state index contributed by atoms with van der Waals surface area (Å²) in [4.78, 5) is 18.0. The molecule has 0 bridgehead atoms. The lowest BCUT2D eigenvalue weighted by Gasteiger charge is -2.39. The lowest BCUT2D eigenvalue weighted by molar-refractivity contribution is -0.139. The first-order valence-electron chi connectivity index (χ1n) is 9.71. The van der Waals surface area contributed by atoms with E-state index in [1.165, 1.54) is 10.4 Å². The molecule has 2 aromatic rings. The van der Waals surface area contributed by atoms with Gasteiger partial charge in [-0.05, 0) is 66.8 Å². The lowest BCUT2D eigenvalue weighted by Crippen LogP contribution is -2.45. The highest BCUT2D eigenvalue weighted by Gasteiger charge is 2.35. The number of halogens is 1. The minimum Gasteiger partial charge on any atom is -0.335 e. The first-order chi connectivity index (χ1) is 13.2. The molecule has 3 heterocycles. The molecule has 2 aliphatic rings. The zero-order valence-electron chi connectivity index (χ0n) is 15.6. The standard InChI is InChI=1S/C21H25ClN2OS2/c1-2-18-16-10-14-26-19(16)9-13-24(18)21(25)15-7-11-23(12-8-15)27-20-6-4-3-5-17(20)22/h3-6,10,14-15,18H,2,7-9,11-13H2,1H3. The summed E-state index contributed by atoms with van der Waals surface area (Å²) in [5, 5.41) is 2.97. The number of fused-ring (bicyclic) bond motifs is 1. The molecule has 0 N–H and O–H groups in total. The third-order valence-electron chi connectivity index (χ3n) is 5.63. The summed E-state index contributed by atoms with van der Waals surface area (Å²) in [6, 6.07) is 10.4. The summed E-state index contributed by atoms with van der Waals surface area (Å²) in [6.07, 6.45) is 3.87. The van der Waals surface area contributed by atoms with Gasteiger partial charge in [0.25, 0.3) is 0 Å². The molecule has 1 unspecified atom stereocenters. The van der Waals surface area contributed by atoms with Crippen molar-refractivity contribution in [3.05, 3.63) is 51.2 Å². The Bertz CT molecular complexity index is 801. The van der Waals surface area contributed by atoms with Crippen molar-refractivity contribution in [2.75, 3.05) is 19.6 Å². The highest BCUT2D eigenvalue weighted by Crippen LogP contribution is 2.38. The van der Waals surface area contributed by atoms with Crippen molar-refractivity contribution >= 4 is 40.8 Å². The summed E-state index contributed by atoms with van der Waals surface area (Å²) in [6.45, 7) is 4.93. The fraction of sp³-hybridized carbons (Fsp3) is 0.476. The van der Waals surface area contributed by atoms with Crippen molar-refractivity contribution in [2.45, 2.75) is 43.5 Å². The van der Waals surface area contributed by atoms with Crippen LogP contribution >= 0.6 is 34.9 Å². The van der Waals surface area contributed by atoms with E-state index < -0.39 is 0 Å². The molecular formula is C21H25ClN2OS2. The van der Waals surface area contributed by atoms with Crippen LogP contribution in [0.2, 0.25) is 5.02 Å².